The van der Waals surface area contributed by atoms with Crippen molar-refractivity contribution < 1.29 is 32.5 Å². The molecule has 0 aliphatic carbocycles. The number of piperidine rings is 1. The van der Waals surface area contributed by atoms with Crippen LogP contribution in [0, 0.1) is 0 Å². The maximum absolute atomic E-state index is 13.0. The molecule has 0 atom stereocenters. The van der Waals surface area contributed by atoms with Gasteiger partial charge in [0.05, 0.1) is 5.56 Å². The van der Waals surface area contributed by atoms with E-state index in [2.05, 4.69) is 0 Å². The van der Waals surface area contributed by atoms with E-state index < -0.39 is 17.8 Å². The van der Waals surface area contributed by atoms with Gasteiger partial charge in [0.1, 0.15) is 0 Å². The van der Waals surface area contributed by atoms with Crippen molar-refractivity contribution in [2.75, 3.05) is 24.8 Å². The average Bonchev–Trinajstić information content (AvgIpc) is 3.16. The zero-order chi connectivity index (χ0) is 20.6. The van der Waals surface area contributed by atoms with Gasteiger partial charge in [-0.1, -0.05) is 0 Å². The number of fused-ring (bicyclic) bond motifs is 1. The Hall–Kier alpha value is -3.10. The van der Waals surface area contributed by atoms with Crippen LogP contribution in [0.2, 0.25) is 0 Å². The van der Waals surface area contributed by atoms with Crippen molar-refractivity contribution in [2.24, 2.45) is 0 Å². The molecule has 1 amide bonds. The molecule has 1 saturated heterocycles. The van der Waals surface area contributed by atoms with E-state index in [4.69, 9.17) is 9.47 Å². The summed E-state index contributed by atoms with van der Waals surface area (Å²) in [4.78, 5) is 14.5. The van der Waals surface area contributed by atoms with Gasteiger partial charge in [-0.05, 0) is 49.2 Å². The van der Waals surface area contributed by atoms with Gasteiger partial charge in [0.2, 0.25) is 6.79 Å². The molecule has 2 heterocycles. The first-order valence-corrected chi connectivity index (χ1v) is 9.17. The van der Waals surface area contributed by atoms with E-state index in [0.29, 0.717) is 43.1 Å². The molecule has 0 radical (unpaired) electrons. The monoisotopic (exact) mass is 408 g/mol. The molecule has 1 fully saturated rings. The summed E-state index contributed by atoms with van der Waals surface area (Å²) in [5, 5.41) is 9.19. The van der Waals surface area contributed by atoms with Crippen LogP contribution in [0.3, 0.4) is 0 Å². The highest BCUT2D eigenvalue weighted by atomic mass is 19.4. The summed E-state index contributed by atoms with van der Waals surface area (Å²) in [6, 6.07) is 10.3. The van der Waals surface area contributed by atoms with Crippen molar-refractivity contribution in [1.29, 1.82) is 0 Å². The number of benzene rings is 2. The number of ether oxygens (including phenoxy) is 2. The normalized spacial score (nSPS) is 16.7. The number of alkyl halides is 3. The van der Waals surface area contributed by atoms with Crippen LogP contribution in [0.25, 0.3) is 0 Å². The second-order valence-corrected chi connectivity index (χ2v) is 6.95. The van der Waals surface area contributed by atoms with Gasteiger partial charge < -0.3 is 24.4 Å². The Morgan fingerprint density at radius 3 is 2.24 bits per heavy atom. The molecule has 29 heavy (non-hydrogen) atoms. The standard InChI is InChI=1S/C20H19F3N2O4/c21-20(22,23)13-1-3-14(4-2-13)25(15-7-9-24(10-8-15)19(26)27)16-5-6-17-18(11-16)29-12-28-17/h1-6,11,15H,7-10,12H2,(H,26,27). The molecule has 2 aliphatic heterocycles. The third kappa shape index (κ3) is 3.90. The minimum Gasteiger partial charge on any atom is -0.465 e. The van der Waals surface area contributed by atoms with Crippen LogP contribution in [0.4, 0.5) is 29.3 Å². The van der Waals surface area contributed by atoms with Crippen LogP contribution in [-0.2, 0) is 6.18 Å². The lowest BCUT2D eigenvalue weighted by Crippen LogP contribution is -2.45. The third-order valence-electron chi connectivity index (χ3n) is 5.21. The topological polar surface area (TPSA) is 62.2 Å². The number of likely N-dealkylation sites (tertiary alicyclic amines) is 1. The smallest absolute Gasteiger partial charge is 0.416 e. The van der Waals surface area contributed by atoms with Crippen LogP contribution in [0.1, 0.15) is 18.4 Å². The molecule has 6 nitrogen and oxygen atoms in total. The number of hydrogen-bond donors (Lipinski definition) is 1. The van der Waals surface area contributed by atoms with Gasteiger partial charge in [-0.2, -0.15) is 13.2 Å². The minimum atomic E-state index is -4.41. The average molecular weight is 408 g/mol. The Kier molecular flexibility index (Phi) is 4.89. The van der Waals surface area contributed by atoms with E-state index in [1.165, 1.54) is 17.0 Å². The van der Waals surface area contributed by atoms with Crippen molar-refractivity contribution in [1.82, 2.24) is 4.90 Å². The molecule has 1 N–H and O–H groups in total. The lowest BCUT2D eigenvalue weighted by Gasteiger charge is -2.39. The first-order valence-electron chi connectivity index (χ1n) is 9.17. The Bertz CT molecular complexity index is 894. The third-order valence-corrected chi connectivity index (χ3v) is 5.21. The van der Waals surface area contributed by atoms with Gasteiger partial charge in [0, 0.05) is 36.6 Å². The lowest BCUT2D eigenvalue weighted by atomic mass is 10.0. The van der Waals surface area contributed by atoms with E-state index in [9.17, 15) is 23.1 Å². The van der Waals surface area contributed by atoms with Crippen molar-refractivity contribution in [2.45, 2.75) is 25.1 Å². The highest BCUT2D eigenvalue weighted by Gasteiger charge is 2.32. The predicted molar refractivity (Wildman–Crippen MR) is 98.8 cm³/mol. The number of rotatable bonds is 3. The second kappa shape index (κ2) is 7.38. The highest BCUT2D eigenvalue weighted by Crippen LogP contribution is 2.40. The van der Waals surface area contributed by atoms with Gasteiger partial charge in [0.15, 0.2) is 11.5 Å². The molecular formula is C20H19F3N2O4. The molecule has 0 unspecified atom stereocenters. The maximum atomic E-state index is 13.0. The van der Waals surface area contributed by atoms with Crippen molar-refractivity contribution in [3.05, 3.63) is 48.0 Å². The van der Waals surface area contributed by atoms with Gasteiger partial charge in [0.25, 0.3) is 0 Å². The number of hydrogen-bond acceptors (Lipinski definition) is 4. The molecule has 9 heteroatoms. The van der Waals surface area contributed by atoms with Crippen molar-refractivity contribution >= 4 is 17.5 Å². The summed E-state index contributed by atoms with van der Waals surface area (Å²) >= 11 is 0. The molecule has 154 valence electrons. The van der Waals surface area contributed by atoms with Crippen LogP contribution in [-0.4, -0.2) is 42.0 Å². The summed E-state index contributed by atoms with van der Waals surface area (Å²) in [6.45, 7) is 0.847. The fourth-order valence-corrected chi connectivity index (χ4v) is 3.73. The minimum absolute atomic E-state index is 0.0669. The molecule has 0 saturated carbocycles. The Morgan fingerprint density at radius 2 is 1.62 bits per heavy atom. The number of anilines is 2. The van der Waals surface area contributed by atoms with Gasteiger partial charge >= 0.3 is 12.3 Å². The van der Waals surface area contributed by atoms with Crippen molar-refractivity contribution in [3.63, 3.8) is 0 Å². The second-order valence-electron chi connectivity index (χ2n) is 6.95. The maximum Gasteiger partial charge on any atom is 0.416 e. The van der Waals surface area contributed by atoms with E-state index in [1.54, 1.807) is 12.1 Å². The molecule has 0 aromatic heterocycles. The summed E-state index contributed by atoms with van der Waals surface area (Å²) in [6.07, 6.45) is -4.26. The van der Waals surface area contributed by atoms with Gasteiger partial charge in [-0.25, -0.2) is 4.79 Å². The zero-order valence-corrected chi connectivity index (χ0v) is 15.4. The van der Waals surface area contributed by atoms with E-state index in [0.717, 1.165) is 17.8 Å². The summed E-state index contributed by atoms with van der Waals surface area (Å²) < 4.78 is 49.7. The van der Waals surface area contributed by atoms with Crippen LogP contribution in [0.15, 0.2) is 42.5 Å². The molecule has 0 bridgehead atoms. The fourth-order valence-electron chi connectivity index (χ4n) is 3.73. The molecular weight excluding hydrogens is 389 g/mol. The first kappa shape index (κ1) is 19.2. The summed E-state index contributed by atoms with van der Waals surface area (Å²) in [5.41, 5.74) is 0.640. The largest absolute Gasteiger partial charge is 0.465 e. The molecule has 0 spiro atoms. The van der Waals surface area contributed by atoms with Crippen LogP contribution < -0.4 is 14.4 Å². The number of carbonyl (C=O) groups is 1. The quantitative estimate of drug-likeness (QED) is 0.797. The molecule has 2 aromatic rings. The molecule has 2 aromatic carbocycles. The number of halogens is 3. The Morgan fingerprint density at radius 1 is 1.00 bits per heavy atom. The van der Waals surface area contributed by atoms with E-state index in [1.807, 2.05) is 11.0 Å². The Labute approximate surface area is 165 Å². The molecule has 4 rings (SSSR count). The Balaban J connectivity index is 1.67. The van der Waals surface area contributed by atoms with Gasteiger partial charge in [-0.15, -0.1) is 0 Å². The van der Waals surface area contributed by atoms with Crippen molar-refractivity contribution in [3.8, 4) is 11.5 Å². The summed E-state index contributed by atoms with van der Waals surface area (Å²) in [5.74, 6) is 1.18. The van der Waals surface area contributed by atoms with E-state index >= 15 is 0 Å². The fraction of sp³-hybridized carbons (Fsp3) is 0.350. The number of carboxylic acid groups (broad SMARTS) is 1. The summed E-state index contributed by atoms with van der Waals surface area (Å²) in [7, 11) is 0. The van der Waals surface area contributed by atoms with Crippen LogP contribution >= 0.6 is 0 Å². The van der Waals surface area contributed by atoms with Gasteiger partial charge in [-0.3, -0.25) is 0 Å². The number of amides is 1. The van der Waals surface area contributed by atoms with E-state index in [-0.39, 0.29) is 12.8 Å². The molecule has 2 aliphatic rings. The highest BCUT2D eigenvalue weighted by molar-refractivity contribution is 5.69. The lowest BCUT2D eigenvalue weighted by molar-refractivity contribution is -0.137. The predicted octanol–water partition coefficient (Wildman–Crippen LogP) is 4.71. The SMILES string of the molecule is O=C(O)N1CCC(N(c2ccc(C(F)(F)F)cc2)c2ccc3c(c2)OCO3)CC1. The van der Waals surface area contributed by atoms with Crippen LogP contribution in [0.5, 0.6) is 11.5 Å². The zero-order valence-electron chi connectivity index (χ0n) is 15.4. The first-order chi connectivity index (χ1) is 13.8. The number of nitrogens with zero attached hydrogens (tertiary/aromatic N) is 2.